The summed E-state index contributed by atoms with van der Waals surface area (Å²) in [5, 5.41) is 12.7. The molecule has 0 spiro atoms. The Balaban J connectivity index is 1.62. The monoisotopic (exact) mass is 378 g/mol. The Morgan fingerprint density at radius 3 is 2.43 bits per heavy atom. The lowest BCUT2D eigenvalue weighted by molar-refractivity contribution is 0.191. The second kappa shape index (κ2) is 7.63. The summed E-state index contributed by atoms with van der Waals surface area (Å²) < 4.78 is 1.93. The summed E-state index contributed by atoms with van der Waals surface area (Å²) in [6.07, 6.45) is 5.56. The number of pyridine rings is 2. The highest BCUT2D eigenvalue weighted by Crippen LogP contribution is 2.30. The normalized spacial score (nSPS) is 16.9. The molecule has 8 nitrogen and oxygen atoms in total. The number of hydrogen-bond donors (Lipinski definition) is 0. The topological polar surface area (TPSA) is 75.9 Å². The molecule has 1 atom stereocenters. The van der Waals surface area contributed by atoms with E-state index in [1.54, 1.807) is 6.20 Å². The summed E-state index contributed by atoms with van der Waals surface area (Å²) in [5.74, 6) is 1.88. The van der Waals surface area contributed by atoms with Crippen molar-refractivity contribution in [3.05, 3.63) is 60.3 Å². The van der Waals surface area contributed by atoms with Crippen molar-refractivity contribution in [2.24, 2.45) is 0 Å². The molecule has 146 valence electrons. The van der Waals surface area contributed by atoms with Crippen molar-refractivity contribution in [2.75, 3.05) is 31.1 Å². The van der Waals surface area contributed by atoms with Crippen molar-refractivity contribution in [3.63, 3.8) is 0 Å². The predicted octanol–water partition coefficient (Wildman–Crippen LogP) is 2.13. The van der Waals surface area contributed by atoms with Gasteiger partial charge in [0.25, 0.3) is 0 Å². The molecule has 0 N–H and O–H groups in total. The molecule has 3 aromatic rings. The van der Waals surface area contributed by atoms with Crippen LogP contribution in [-0.2, 0) is 5.54 Å². The Bertz CT molecular complexity index is 879. The van der Waals surface area contributed by atoms with E-state index in [0.29, 0.717) is 0 Å². The Morgan fingerprint density at radius 1 is 0.964 bits per heavy atom. The lowest BCUT2D eigenvalue weighted by atomic mass is 10.0. The molecule has 1 aliphatic heterocycles. The van der Waals surface area contributed by atoms with E-state index >= 15 is 0 Å². The molecule has 0 aromatic carbocycles. The van der Waals surface area contributed by atoms with E-state index in [-0.39, 0.29) is 11.6 Å². The van der Waals surface area contributed by atoms with Gasteiger partial charge in [0.1, 0.15) is 5.82 Å². The summed E-state index contributed by atoms with van der Waals surface area (Å²) in [6.45, 7) is 9.96. The minimum absolute atomic E-state index is 0.0335. The fourth-order valence-electron chi connectivity index (χ4n) is 3.65. The molecular formula is C20H26N8. The van der Waals surface area contributed by atoms with Crippen LogP contribution in [0.15, 0.2) is 48.9 Å². The number of aromatic nitrogens is 6. The minimum atomic E-state index is -0.199. The molecule has 28 heavy (non-hydrogen) atoms. The standard InChI is InChI=1S/C20H26N8/c1-20(2,3)28-19(23-24-25-28)18(16-7-6-9-21-15-16)27-13-11-26(12-14-27)17-8-4-5-10-22-17/h4-10,15,18H,11-14H2,1-3H3/t18-/m0/s1. The van der Waals surface area contributed by atoms with Gasteiger partial charge in [0.05, 0.1) is 11.6 Å². The molecule has 0 radical (unpaired) electrons. The number of tetrazole rings is 1. The average molecular weight is 378 g/mol. The predicted molar refractivity (Wildman–Crippen MR) is 107 cm³/mol. The van der Waals surface area contributed by atoms with Crippen molar-refractivity contribution in [1.29, 1.82) is 0 Å². The number of rotatable bonds is 4. The van der Waals surface area contributed by atoms with E-state index in [9.17, 15) is 0 Å². The first-order valence-corrected chi connectivity index (χ1v) is 9.63. The van der Waals surface area contributed by atoms with Gasteiger partial charge < -0.3 is 4.90 Å². The number of anilines is 1. The van der Waals surface area contributed by atoms with Crippen LogP contribution in [0.25, 0.3) is 0 Å². The molecule has 4 heterocycles. The highest BCUT2D eigenvalue weighted by molar-refractivity contribution is 5.38. The molecule has 1 saturated heterocycles. The maximum Gasteiger partial charge on any atom is 0.173 e. The van der Waals surface area contributed by atoms with Crippen LogP contribution in [0.2, 0.25) is 0 Å². The van der Waals surface area contributed by atoms with E-state index in [1.165, 1.54) is 0 Å². The maximum atomic E-state index is 4.49. The van der Waals surface area contributed by atoms with E-state index in [4.69, 9.17) is 0 Å². The Labute approximate surface area is 165 Å². The highest BCUT2D eigenvalue weighted by atomic mass is 15.6. The van der Waals surface area contributed by atoms with Gasteiger partial charge >= 0.3 is 0 Å². The van der Waals surface area contributed by atoms with Gasteiger partial charge in [-0.3, -0.25) is 9.88 Å². The van der Waals surface area contributed by atoms with Gasteiger partial charge in [0.15, 0.2) is 5.82 Å². The van der Waals surface area contributed by atoms with Gasteiger partial charge in [-0.05, 0) is 55.0 Å². The van der Waals surface area contributed by atoms with Crippen LogP contribution < -0.4 is 4.90 Å². The highest BCUT2D eigenvalue weighted by Gasteiger charge is 2.33. The molecule has 8 heteroatoms. The second-order valence-corrected chi connectivity index (χ2v) is 8.02. The van der Waals surface area contributed by atoms with Crippen molar-refractivity contribution < 1.29 is 0 Å². The fourth-order valence-corrected chi connectivity index (χ4v) is 3.65. The molecule has 0 unspecified atom stereocenters. The Morgan fingerprint density at radius 2 is 1.79 bits per heavy atom. The van der Waals surface area contributed by atoms with E-state index in [2.05, 4.69) is 68.2 Å². The zero-order valence-corrected chi connectivity index (χ0v) is 16.6. The molecule has 0 amide bonds. The average Bonchev–Trinajstić information content (AvgIpc) is 3.20. The van der Waals surface area contributed by atoms with Crippen LogP contribution in [-0.4, -0.2) is 61.3 Å². The van der Waals surface area contributed by atoms with Crippen LogP contribution in [0.3, 0.4) is 0 Å². The van der Waals surface area contributed by atoms with Gasteiger partial charge in [0, 0.05) is 44.8 Å². The molecule has 1 aliphatic rings. The zero-order chi connectivity index (χ0) is 19.6. The van der Waals surface area contributed by atoms with E-state index in [0.717, 1.165) is 43.4 Å². The smallest absolute Gasteiger partial charge is 0.173 e. The fraction of sp³-hybridized carbons (Fsp3) is 0.450. The van der Waals surface area contributed by atoms with Crippen LogP contribution in [0.5, 0.6) is 0 Å². The van der Waals surface area contributed by atoms with Gasteiger partial charge in [-0.25, -0.2) is 9.67 Å². The molecule has 0 aliphatic carbocycles. The largest absolute Gasteiger partial charge is 0.354 e. The van der Waals surface area contributed by atoms with Crippen molar-refractivity contribution >= 4 is 5.82 Å². The molecule has 4 rings (SSSR count). The third kappa shape index (κ3) is 3.73. The van der Waals surface area contributed by atoms with E-state index in [1.807, 2.05) is 35.3 Å². The van der Waals surface area contributed by atoms with Crippen LogP contribution in [0, 0.1) is 0 Å². The Kier molecular flexibility index (Phi) is 5.04. The van der Waals surface area contributed by atoms with Crippen LogP contribution in [0.4, 0.5) is 5.82 Å². The summed E-state index contributed by atoms with van der Waals surface area (Å²) in [6, 6.07) is 10.1. The van der Waals surface area contributed by atoms with Crippen molar-refractivity contribution in [3.8, 4) is 0 Å². The minimum Gasteiger partial charge on any atom is -0.354 e. The molecule has 0 saturated carbocycles. The Hall–Kier alpha value is -2.87. The lowest BCUT2D eigenvalue weighted by Crippen LogP contribution is -2.49. The second-order valence-electron chi connectivity index (χ2n) is 8.02. The molecule has 3 aromatic heterocycles. The summed E-state index contributed by atoms with van der Waals surface area (Å²) >= 11 is 0. The van der Waals surface area contributed by atoms with Gasteiger partial charge in [-0.1, -0.05) is 12.1 Å². The summed E-state index contributed by atoms with van der Waals surface area (Å²) in [4.78, 5) is 13.6. The molecular weight excluding hydrogens is 352 g/mol. The number of hydrogen-bond acceptors (Lipinski definition) is 7. The van der Waals surface area contributed by atoms with Gasteiger partial charge in [-0.2, -0.15) is 0 Å². The lowest BCUT2D eigenvalue weighted by Gasteiger charge is -2.39. The molecule has 0 bridgehead atoms. The number of piperazine rings is 1. The third-order valence-electron chi connectivity index (χ3n) is 5.03. The van der Waals surface area contributed by atoms with Crippen molar-refractivity contribution in [1.82, 2.24) is 35.1 Å². The van der Waals surface area contributed by atoms with Crippen LogP contribution in [0.1, 0.15) is 38.2 Å². The van der Waals surface area contributed by atoms with Gasteiger partial charge in [0.2, 0.25) is 0 Å². The first-order chi connectivity index (χ1) is 13.5. The number of nitrogens with zero attached hydrogens (tertiary/aromatic N) is 8. The van der Waals surface area contributed by atoms with Gasteiger partial charge in [-0.15, -0.1) is 5.10 Å². The quantitative estimate of drug-likeness (QED) is 0.688. The summed E-state index contributed by atoms with van der Waals surface area (Å²) in [7, 11) is 0. The van der Waals surface area contributed by atoms with Crippen LogP contribution >= 0.6 is 0 Å². The first kappa shape index (κ1) is 18.5. The maximum absolute atomic E-state index is 4.49. The van der Waals surface area contributed by atoms with E-state index < -0.39 is 0 Å². The first-order valence-electron chi connectivity index (χ1n) is 9.63. The molecule has 1 fully saturated rings. The zero-order valence-electron chi connectivity index (χ0n) is 16.6. The SMILES string of the molecule is CC(C)(C)n1nnnc1[C@H](c1cccnc1)N1CCN(c2ccccn2)CC1. The summed E-state index contributed by atoms with van der Waals surface area (Å²) in [5.41, 5.74) is 0.906. The van der Waals surface area contributed by atoms with Crippen molar-refractivity contribution in [2.45, 2.75) is 32.4 Å². The third-order valence-corrected chi connectivity index (χ3v) is 5.03.